The Morgan fingerprint density at radius 1 is 1.62 bits per heavy atom. The van der Waals surface area contributed by atoms with Crippen LogP contribution in [-0.4, -0.2) is 27.4 Å². The van der Waals surface area contributed by atoms with Gasteiger partial charge in [-0.25, -0.2) is 0 Å². The van der Waals surface area contributed by atoms with E-state index in [0.29, 0.717) is 6.54 Å². The fraction of sp³-hybridized carbons (Fsp3) is 0.636. The molecule has 0 spiro atoms. The molecule has 1 heterocycles. The zero-order valence-electron chi connectivity index (χ0n) is 9.97. The Kier molecular flexibility index (Phi) is 3.70. The van der Waals surface area contributed by atoms with Gasteiger partial charge in [0.15, 0.2) is 0 Å². The van der Waals surface area contributed by atoms with E-state index in [1.54, 1.807) is 6.20 Å². The van der Waals surface area contributed by atoms with E-state index in [1.165, 1.54) is 0 Å². The Morgan fingerprint density at radius 2 is 2.25 bits per heavy atom. The summed E-state index contributed by atoms with van der Waals surface area (Å²) in [5.74, 6) is -0.993. The second kappa shape index (κ2) is 4.65. The lowest BCUT2D eigenvalue weighted by molar-refractivity contribution is -0.137. The lowest BCUT2D eigenvalue weighted by Gasteiger charge is -2.19. The standard InChI is InChI=1S/C11H19N3O2/c1-11(2,3)14-7-9(6-13-14)8(5-12)4-10(15)16/h6-8H,4-5,12H2,1-3H3,(H,15,16). The summed E-state index contributed by atoms with van der Waals surface area (Å²) in [7, 11) is 0. The van der Waals surface area contributed by atoms with Crippen LogP contribution >= 0.6 is 0 Å². The van der Waals surface area contributed by atoms with E-state index >= 15 is 0 Å². The van der Waals surface area contributed by atoms with Gasteiger partial charge >= 0.3 is 5.97 Å². The van der Waals surface area contributed by atoms with Crippen molar-refractivity contribution in [3.05, 3.63) is 18.0 Å². The molecule has 0 aliphatic heterocycles. The molecule has 0 saturated carbocycles. The van der Waals surface area contributed by atoms with Gasteiger partial charge in [0.25, 0.3) is 0 Å². The number of rotatable bonds is 4. The van der Waals surface area contributed by atoms with Crippen LogP contribution in [0, 0.1) is 0 Å². The van der Waals surface area contributed by atoms with Crippen LogP contribution < -0.4 is 5.73 Å². The van der Waals surface area contributed by atoms with Crippen molar-refractivity contribution in [3.63, 3.8) is 0 Å². The molecule has 0 amide bonds. The summed E-state index contributed by atoms with van der Waals surface area (Å²) in [5, 5.41) is 13.0. The van der Waals surface area contributed by atoms with Crippen molar-refractivity contribution >= 4 is 5.97 Å². The number of nitrogens with two attached hydrogens (primary N) is 1. The molecule has 0 bridgehead atoms. The van der Waals surface area contributed by atoms with E-state index in [9.17, 15) is 4.79 Å². The highest BCUT2D eigenvalue weighted by molar-refractivity contribution is 5.68. The van der Waals surface area contributed by atoms with Crippen LogP contribution in [-0.2, 0) is 10.3 Å². The summed E-state index contributed by atoms with van der Waals surface area (Å²) in [5.41, 5.74) is 6.36. The van der Waals surface area contributed by atoms with Gasteiger partial charge in [0.05, 0.1) is 18.2 Å². The van der Waals surface area contributed by atoms with Gasteiger partial charge in [-0.3, -0.25) is 9.48 Å². The van der Waals surface area contributed by atoms with Crippen LogP contribution in [0.25, 0.3) is 0 Å². The third-order valence-electron chi connectivity index (χ3n) is 2.47. The summed E-state index contributed by atoms with van der Waals surface area (Å²) >= 11 is 0. The number of hydrogen-bond acceptors (Lipinski definition) is 3. The van der Waals surface area contributed by atoms with Gasteiger partial charge in [0.2, 0.25) is 0 Å². The number of aromatic nitrogens is 2. The quantitative estimate of drug-likeness (QED) is 0.805. The summed E-state index contributed by atoms with van der Waals surface area (Å²) in [6.45, 7) is 6.44. The molecule has 0 radical (unpaired) electrons. The molecule has 5 nitrogen and oxygen atoms in total. The van der Waals surface area contributed by atoms with Crippen LogP contribution in [0.4, 0.5) is 0 Å². The van der Waals surface area contributed by atoms with Gasteiger partial charge in [0, 0.05) is 12.1 Å². The second-order valence-electron chi connectivity index (χ2n) is 4.92. The van der Waals surface area contributed by atoms with Gasteiger partial charge < -0.3 is 10.8 Å². The van der Waals surface area contributed by atoms with Crippen molar-refractivity contribution in [2.75, 3.05) is 6.54 Å². The minimum atomic E-state index is -0.834. The Hall–Kier alpha value is -1.36. The average molecular weight is 225 g/mol. The maximum Gasteiger partial charge on any atom is 0.304 e. The smallest absolute Gasteiger partial charge is 0.304 e. The largest absolute Gasteiger partial charge is 0.481 e. The molecular weight excluding hydrogens is 206 g/mol. The minimum absolute atomic E-state index is 0.0480. The third-order valence-corrected chi connectivity index (χ3v) is 2.47. The topological polar surface area (TPSA) is 81.1 Å². The molecule has 3 N–H and O–H groups in total. The second-order valence-corrected chi connectivity index (χ2v) is 4.92. The number of aliphatic carboxylic acids is 1. The molecule has 1 aromatic heterocycles. The SMILES string of the molecule is CC(C)(C)n1cc(C(CN)CC(=O)O)cn1. The van der Waals surface area contributed by atoms with E-state index < -0.39 is 5.97 Å². The molecule has 0 aromatic carbocycles. The van der Waals surface area contributed by atoms with Crippen molar-refractivity contribution in [1.82, 2.24) is 9.78 Å². The monoisotopic (exact) mass is 225 g/mol. The third kappa shape index (κ3) is 3.06. The molecule has 0 aliphatic rings. The highest BCUT2D eigenvalue weighted by Crippen LogP contribution is 2.21. The molecular formula is C11H19N3O2. The molecule has 0 fully saturated rings. The molecule has 0 saturated heterocycles. The van der Waals surface area contributed by atoms with Gasteiger partial charge in [-0.2, -0.15) is 5.10 Å². The van der Waals surface area contributed by atoms with Crippen molar-refractivity contribution < 1.29 is 9.90 Å². The van der Waals surface area contributed by atoms with Crippen LogP contribution in [0.3, 0.4) is 0 Å². The molecule has 1 rings (SSSR count). The maximum absolute atomic E-state index is 10.7. The number of carboxylic acids is 1. The van der Waals surface area contributed by atoms with E-state index in [0.717, 1.165) is 5.56 Å². The molecule has 0 aliphatic carbocycles. The summed E-state index contributed by atoms with van der Waals surface area (Å²) < 4.78 is 1.83. The van der Waals surface area contributed by atoms with Crippen LogP contribution in [0.5, 0.6) is 0 Å². The number of nitrogens with zero attached hydrogens (tertiary/aromatic N) is 2. The lowest BCUT2D eigenvalue weighted by Crippen LogP contribution is -2.22. The van der Waals surface area contributed by atoms with Gasteiger partial charge in [-0.1, -0.05) is 0 Å². The van der Waals surface area contributed by atoms with Crippen molar-refractivity contribution in [2.45, 2.75) is 38.6 Å². The van der Waals surface area contributed by atoms with Gasteiger partial charge in [-0.05, 0) is 32.9 Å². The highest BCUT2D eigenvalue weighted by atomic mass is 16.4. The molecule has 1 atom stereocenters. The van der Waals surface area contributed by atoms with Crippen LogP contribution in [0.15, 0.2) is 12.4 Å². The highest BCUT2D eigenvalue weighted by Gasteiger charge is 2.19. The molecule has 16 heavy (non-hydrogen) atoms. The van der Waals surface area contributed by atoms with Gasteiger partial charge in [0.1, 0.15) is 0 Å². The predicted molar refractivity (Wildman–Crippen MR) is 61.3 cm³/mol. The summed E-state index contributed by atoms with van der Waals surface area (Å²) in [6, 6.07) is 0. The first-order valence-corrected chi connectivity index (χ1v) is 5.31. The van der Waals surface area contributed by atoms with Crippen LogP contribution in [0.2, 0.25) is 0 Å². The fourth-order valence-electron chi connectivity index (χ4n) is 1.46. The summed E-state index contributed by atoms with van der Waals surface area (Å²) in [6.07, 6.45) is 3.62. The fourth-order valence-corrected chi connectivity index (χ4v) is 1.46. The van der Waals surface area contributed by atoms with E-state index in [-0.39, 0.29) is 17.9 Å². The maximum atomic E-state index is 10.7. The Balaban J connectivity index is 2.87. The van der Waals surface area contributed by atoms with E-state index in [2.05, 4.69) is 5.10 Å². The first-order chi connectivity index (χ1) is 7.34. The Bertz CT molecular complexity index is 366. The normalized spacial score (nSPS) is 13.8. The molecule has 1 unspecified atom stereocenters. The zero-order valence-corrected chi connectivity index (χ0v) is 9.97. The number of carboxylic acid groups (broad SMARTS) is 1. The average Bonchev–Trinajstić information content (AvgIpc) is 2.61. The Morgan fingerprint density at radius 3 is 2.62 bits per heavy atom. The minimum Gasteiger partial charge on any atom is -0.481 e. The van der Waals surface area contributed by atoms with Crippen molar-refractivity contribution in [1.29, 1.82) is 0 Å². The number of hydrogen-bond donors (Lipinski definition) is 2. The van der Waals surface area contributed by atoms with E-state index in [4.69, 9.17) is 10.8 Å². The van der Waals surface area contributed by atoms with Crippen LogP contribution in [0.1, 0.15) is 38.7 Å². The predicted octanol–water partition coefficient (Wildman–Crippen LogP) is 1.16. The zero-order chi connectivity index (χ0) is 12.3. The van der Waals surface area contributed by atoms with E-state index in [1.807, 2.05) is 31.6 Å². The number of carbonyl (C=O) groups is 1. The summed E-state index contributed by atoms with van der Waals surface area (Å²) in [4.78, 5) is 10.7. The molecule has 90 valence electrons. The molecule has 5 heteroatoms. The lowest BCUT2D eigenvalue weighted by atomic mass is 9.99. The van der Waals surface area contributed by atoms with Gasteiger partial charge in [-0.15, -0.1) is 0 Å². The Labute approximate surface area is 95.3 Å². The first kappa shape index (κ1) is 12.7. The molecule has 1 aromatic rings. The van der Waals surface area contributed by atoms with Crippen molar-refractivity contribution in [3.8, 4) is 0 Å². The first-order valence-electron chi connectivity index (χ1n) is 5.31. The van der Waals surface area contributed by atoms with Crippen molar-refractivity contribution in [2.24, 2.45) is 5.73 Å².